The Bertz CT molecular complexity index is 484. The lowest BCUT2D eigenvalue weighted by atomic mass is 10.0. The first-order chi connectivity index (χ1) is 8.70. The monoisotopic (exact) mass is 263 g/mol. The molecule has 1 N–H and O–H groups in total. The van der Waals surface area contributed by atoms with Crippen LogP contribution in [0.15, 0.2) is 35.7 Å². The lowest BCUT2D eigenvalue weighted by Gasteiger charge is -2.21. The van der Waals surface area contributed by atoms with Crippen LogP contribution in [0.4, 0.5) is 0 Å². The van der Waals surface area contributed by atoms with E-state index in [-0.39, 0.29) is 6.10 Å². The van der Waals surface area contributed by atoms with Crippen LogP contribution in [0, 0.1) is 6.92 Å². The predicted molar refractivity (Wildman–Crippen MR) is 72.8 cm³/mol. The Morgan fingerprint density at radius 2 is 2.06 bits per heavy atom. The number of nitrogens with zero attached hydrogens (tertiary/aromatic N) is 1. The summed E-state index contributed by atoms with van der Waals surface area (Å²) in [4.78, 5) is 4.36. The Morgan fingerprint density at radius 1 is 1.33 bits per heavy atom. The predicted octanol–water partition coefficient (Wildman–Crippen LogP) is 2.74. The van der Waals surface area contributed by atoms with Crippen molar-refractivity contribution >= 4 is 11.3 Å². The van der Waals surface area contributed by atoms with Gasteiger partial charge in [-0.3, -0.25) is 0 Å². The highest BCUT2D eigenvalue weighted by molar-refractivity contribution is 7.09. The van der Waals surface area contributed by atoms with Crippen molar-refractivity contribution in [1.29, 1.82) is 0 Å². The average molecular weight is 263 g/mol. The first-order valence-corrected chi connectivity index (χ1v) is 6.75. The second kappa shape index (κ2) is 6.09. The molecule has 0 spiro atoms. The summed E-state index contributed by atoms with van der Waals surface area (Å²) in [5.74, 6) is 0. The molecule has 2 aromatic rings. The van der Waals surface area contributed by atoms with Gasteiger partial charge >= 0.3 is 0 Å². The lowest BCUT2D eigenvalue weighted by molar-refractivity contribution is -0.0128. The van der Waals surface area contributed by atoms with Crippen LogP contribution in [0.25, 0.3) is 0 Å². The van der Waals surface area contributed by atoms with E-state index in [0.717, 1.165) is 16.3 Å². The molecule has 0 fully saturated rings. The van der Waals surface area contributed by atoms with Gasteiger partial charge in [0.05, 0.1) is 11.1 Å². The average Bonchev–Trinajstić information content (AvgIpc) is 2.77. The number of benzene rings is 1. The highest BCUT2D eigenvalue weighted by Gasteiger charge is 2.21. The molecule has 2 atom stereocenters. The standard InChI is InChI=1S/C14H17NO2S/c1-10-9-18-13(15-10)8-12(16)14(17-2)11-6-4-3-5-7-11/h3-7,9,12,14,16H,8H2,1-2H3. The van der Waals surface area contributed by atoms with Crippen LogP contribution in [-0.4, -0.2) is 23.3 Å². The van der Waals surface area contributed by atoms with E-state index in [9.17, 15) is 5.11 Å². The fourth-order valence-electron chi connectivity index (χ4n) is 1.94. The molecular weight excluding hydrogens is 246 g/mol. The largest absolute Gasteiger partial charge is 0.390 e. The van der Waals surface area contributed by atoms with E-state index < -0.39 is 6.10 Å². The highest BCUT2D eigenvalue weighted by atomic mass is 32.1. The van der Waals surface area contributed by atoms with E-state index >= 15 is 0 Å². The molecular formula is C14H17NO2S. The summed E-state index contributed by atoms with van der Waals surface area (Å²) >= 11 is 1.57. The van der Waals surface area contributed by atoms with E-state index in [0.29, 0.717) is 6.42 Å². The van der Waals surface area contributed by atoms with Crippen molar-refractivity contribution in [2.24, 2.45) is 0 Å². The summed E-state index contributed by atoms with van der Waals surface area (Å²) < 4.78 is 5.40. The van der Waals surface area contributed by atoms with Gasteiger partial charge in [-0.25, -0.2) is 4.98 Å². The third-order valence-corrected chi connectivity index (χ3v) is 3.77. The summed E-state index contributed by atoms with van der Waals surface area (Å²) in [5.41, 5.74) is 1.98. The van der Waals surface area contributed by atoms with Gasteiger partial charge in [-0.05, 0) is 12.5 Å². The number of thiazole rings is 1. The Morgan fingerprint density at radius 3 is 2.61 bits per heavy atom. The van der Waals surface area contributed by atoms with Gasteiger partial charge in [0.15, 0.2) is 0 Å². The van der Waals surface area contributed by atoms with Gasteiger partial charge in [0.2, 0.25) is 0 Å². The first-order valence-electron chi connectivity index (χ1n) is 5.87. The van der Waals surface area contributed by atoms with E-state index in [4.69, 9.17) is 4.74 Å². The Balaban J connectivity index is 2.08. The maximum Gasteiger partial charge on any atom is 0.108 e. The molecule has 1 aromatic carbocycles. The van der Waals surface area contributed by atoms with Crippen LogP contribution in [-0.2, 0) is 11.2 Å². The number of rotatable bonds is 5. The van der Waals surface area contributed by atoms with Gasteiger partial charge in [-0.2, -0.15) is 0 Å². The molecule has 0 aliphatic carbocycles. The Kier molecular flexibility index (Phi) is 4.47. The van der Waals surface area contributed by atoms with Crippen LogP contribution in [0.2, 0.25) is 0 Å². The number of aliphatic hydroxyl groups excluding tert-OH is 1. The van der Waals surface area contributed by atoms with Crippen LogP contribution < -0.4 is 0 Å². The van der Waals surface area contributed by atoms with E-state index in [2.05, 4.69) is 4.98 Å². The van der Waals surface area contributed by atoms with E-state index in [1.54, 1.807) is 18.4 Å². The summed E-state index contributed by atoms with van der Waals surface area (Å²) in [5, 5.41) is 13.2. The van der Waals surface area contributed by atoms with Crippen LogP contribution in [0.1, 0.15) is 22.4 Å². The third-order valence-electron chi connectivity index (χ3n) is 2.78. The summed E-state index contributed by atoms with van der Waals surface area (Å²) in [6, 6.07) is 9.77. The quantitative estimate of drug-likeness (QED) is 0.902. The van der Waals surface area contributed by atoms with Crippen molar-refractivity contribution in [3.63, 3.8) is 0 Å². The molecule has 0 amide bonds. The molecule has 18 heavy (non-hydrogen) atoms. The molecule has 0 saturated carbocycles. The molecule has 0 bridgehead atoms. The van der Waals surface area contributed by atoms with Crippen LogP contribution in [0.3, 0.4) is 0 Å². The van der Waals surface area contributed by atoms with Crippen molar-refractivity contribution in [2.75, 3.05) is 7.11 Å². The smallest absolute Gasteiger partial charge is 0.108 e. The zero-order valence-electron chi connectivity index (χ0n) is 10.5. The molecule has 0 aliphatic rings. The molecule has 3 nitrogen and oxygen atoms in total. The zero-order chi connectivity index (χ0) is 13.0. The van der Waals surface area contributed by atoms with E-state index in [1.165, 1.54) is 0 Å². The Hall–Kier alpha value is -1.23. The summed E-state index contributed by atoms with van der Waals surface area (Å²) in [6.07, 6.45) is -0.371. The second-order valence-corrected chi connectivity index (χ2v) is 5.16. The van der Waals surface area contributed by atoms with Gasteiger partial charge in [0, 0.05) is 24.6 Å². The van der Waals surface area contributed by atoms with Crippen molar-refractivity contribution in [3.05, 3.63) is 52.0 Å². The maximum atomic E-state index is 10.3. The molecule has 0 saturated heterocycles. The Labute approximate surface area is 111 Å². The minimum absolute atomic E-state index is 0.310. The van der Waals surface area contributed by atoms with Crippen molar-refractivity contribution in [2.45, 2.75) is 25.6 Å². The molecule has 4 heteroatoms. The zero-order valence-corrected chi connectivity index (χ0v) is 11.4. The number of aromatic nitrogens is 1. The summed E-state index contributed by atoms with van der Waals surface area (Å²) in [7, 11) is 1.62. The number of methoxy groups -OCH3 is 1. The van der Waals surface area contributed by atoms with Crippen molar-refractivity contribution in [1.82, 2.24) is 4.98 Å². The molecule has 0 radical (unpaired) electrons. The van der Waals surface area contributed by atoms with Crippen LogP contribution in [0.5, 0.6) is 0 Å². The summed E-state index contributed by atoms with van der Waals surface area (Å²) in [6.45, 7) is 1.96. The van der Waals surface area contributed by atoms with Gasteiger partial charge in [-0.15, -0.1) is 11.3 Å². The number of aryl methyl sites for hydroxylation is 1. The lowest BCUT2D eigenvalue weighted by Crippen LogP contribution is -2.22. The minimum Gasteiger partial charge on any atom is -0.390 e. The van der Waals surface area contributed by atoms with Gasteiger partial charge in [-0.1, -0.05) is 30.3 Å². The molecule has 2 rings (SSSR count). The topological polar surface area (TPSA) is 42.4 Å². The van der Waals surface area contributed by atoms with Crippen molar-refractivity contribution in [3.8, 4) is 0 Å². The normalized spacial score (nSPS) is 14.4. The van der Waals surface area contributed by atoms with Crippen molar-refractivity contribution < 1.29 is 9.84 Å². The maximum absolute atomic E-state index is 10.3. The molecule has 0 aliphatic heterocycles. The highest BCUT2D eigenvalue weighted by Crippen LogP contribution is 2.23. The second-order valence-electron chi connectivity index (χ2n) is 4.22. The van der Waals surface area contributed by atoms with Gasteiger partial charge in [0.1, 0.15) is 6.10 Å². The number of hydrogen-bond donors (Lipinski definition) is 1. The minimum atomic E-state index is -0.581. The van der Waals surface area contributed by atoms with Gasteiger partial charge < -0.3 is 9.84 Å². The number of ether oxygens (including phenoxy) is 1. The number of hydrogen-bond acceptors (Lipinski definition) is 4. The molecule has 96 valence electrons. The number of aliphatic hydroxyl groups is 1. The van der Waals surface area contributed by atoms with Crippen LogP contribution >= 0.6 is 11.3 Å². The fraction of sp³-hybridized carbons (Fsp3) is 0.357. The fourth-order valence-corrected chi connectivity index (χ4v) is 2.76. The van der Waals surface area contributed by atoms with Gasteiger partial charge in [0.25, 0.3) is 0 Å². The molecule has 1 aromatic heterocycles. The molecule has 2 unspecified atom stereocenters. The third kappa shape index (κ3) is 3.16. The molecule has 1 heterocycles. The van der Waals surface area contributed by atoms with E-state index in [1.807, 2.05) is 42.6 Å². The first kappa shape index (κ1) is 13.2. The SMILES string of the molecule is COC(c1ccccc1)C(O)Cc1nc(C)cs1.